The van der Waals surface area contributed by atoms with Gasteiger partial charge in [0.25, 0.3) is 0 Å². The lowest BCUT2D eigenvalue weighted by atomic mass is 10.0. The van der Waals surface area contributed by atoms with Crippen molar-refractivity contribution in [1.82, 2.24) is 5.32 Å². The van der Waals surface area contributed by atoms with E-state index in [1.165, 1.54) is 0 Å². The van der Waals surface area contributed by atoms with Gasteiger partial charge < -0.3 is 20.5 Å². The minimum absolute atomic E-state index is 0.101. The topological polar surface area (TPSA) is 70.6 Å². The first-order valence-electron chi connectivity index (χ1n) is 6.46. The molecule has 0 spiro atoms. The Balaban J connectivity index is 2.64. The van der Waals surface area contributed by atoms with Crippen LogP contribution in [0.5, 0.6) is 5.75 Å². The smallest absolute Gasteiger partial charge is 0.319 e. The lowest BCUT2D eigenvalue weighted by molar-refractivity contribution is 0.172. The molecule has 0 aliphatic rings. The lowest BCUT2D eigenvalue weighted by Gasteiger charge is -2.27. The van der Waals surface area contributed by atoms with E-state index in [4.69, 9.17) is 4.74 Å². The van der Waals surface area contributed by atoms with Gasteiger partial charge in [-0.25, -0.2) is 4.79 Å². The highest BCUT2D eigenvalue weighted by Gasteiger charge is 2.23. The molecule has 5 heteroatoms. The van der Waals surface area contributed by atoms with E-state index in [-0.39, 0.29) is 12.6 Å². The fourth-order valence-electron chi connectivity index (χ4n) is 1.51. The molecule has 1 unspecified atom stereocenters. The Kier molecular flexibility index (Phi) is 5.63. The number of urea groups is 1. The summed E-state index contributed by atoms with van der Waals surface area (Å²) in [6, 6.07) is 6.84. The maximum atomic E-state index is 11.8. The van der Waals surface area contributed by atoms with Gasteiger partial charge in [0.1, 0.15) is 5.75 Å². The van der Waals surface area contributed by atoms with E-state index in [0.29, 0.717) is 24.5 Å². The van der Waals surface area contributed by atoms with E-state index in [2.05, 4.69) is 10.6 Å². The number of carbonyl (C=O) groups excluding carboxylic acids is 1. The molecule has 0 saturated carbocycles. The number of ether oxygens (including phenoxy) is 1. The average Bonchev–Trinajstić information content (AvgIpc) is 2.39. The minimum atomic E-state index is -0.610. The van der Waals surface area contributed by atoms with E-state index in [1.54, 1.807) is 19.1 Å². The third-order valence-corrected chi connectivity index (χ3v) is 2.95. The molecule has 0 radical (unpaired) electrons. The van der Waals surface area contributed by atoms with Gasteiger partial charge in [-0.2, -0.15) is 0 Å². The quantitative estimate of drug-likeness (QED) is 0.740. The first kappa shape index (κ1) is 15.3. The van der Waals surface area contributed by atoms with E-state index in [9.17, 15) is 9.90 Å². The van der Waals surface area contributed by atoms with Crippen molar-refractivity contribution in [3.63, 3.8) is 0 Å². The van der Waals surface area contributed by atoms with Crippen LogP contribution in [-0.2, 0) is 0 Å². The van der Waals surface area contributed by atoms with Crippen molar-refractivity contribution >= 4 is 11.7 Å². The summed E-state index contributed by atoms with van der Waals surface area (Å²) in [6.07, 6.45) is 0.649. The van der Waals surface area contributed by atoms with Crippen LogP contribution >= 0.6 is 0 Å². The van der Waals surface area contributed by atoms with E-state index in [0.717, 1.165) is 0 Å². The first-order valence-corrected chi connectivity index (χ1v) is 6.46. The van der Waals surface area contributed by atoms with E-state index in [1.807, 2.05) is 26.0 Å². The number of anilines is 1. The standard InChI is InChI=1S/C14H22N2O3/c1-4-14(3,10-17)16-13(18)15-11-7-6-8-12(9-11)19-5-2/h6-9,17H,4-5,10H2,1-3H3,(H2,15,16,18). The van der Waals surface area contributed by atoms with Gasteiger partial charge in [0.15, 0.2) is 0 Å². The molecule has 19 heavy (non-hydrogen) atoms. The number of carbonyl (C=O) groups is 1. The number of amides is 2. The zero-order valence-corrected chi connectivity index (χ0v) is 11.7. The van der Waals surface area contributed by atoms with Crippen molar-refractivity contribution in [3.8, 4) is 5.75 Å². The zero-order chi connectivity index (χ0) is 14.3. The molecule has 1 aromatic carbocycles. The largest absolute Gasteiger partial charge is 0.494 e. The van der Waals surface area contributed by atoms with Crippen LogP contribution in [0.3, 0.4) is 0 Å². The highest BCUT2D eigenvalue weighted by Crippen LogP contribution is 2.17. The number of hydrogen-bond acceptors (Lipinski definition) is 3. The predicted octanol–water partition coefficient (Wildman–Crippen LogP) is 2.37. The molecule has 5 nitrogen and oxygen atoms in total. The van der Waals surface area contributed by atoms with E-state index >= 15 is 0 Å². The molecule has 0 bridgehead atoms. The summed E-state index contributed by atoms with van der Waals surface area (Å²) in [5, 5.41) is 14.7. The van der Waals surface area contributed by atoms with Gasteiger partial charge in [0.2, 0.25) is 0 Å². The number of nitrogens with one attached hydrogen (secondary N) is 2. The summed E-state index contributed by atoms with van der Waals surface area (Å²) in [5.74, 6) is 0.709. The Labute approximate surface area is 114 Å². The van der Waals surface area contributed by atoms with Crippen molar-refractivity contribution in [2.24, 2.45) is 0 Å². The molecule has 1 aromatic rings. The van der Waals surface area contributed by atoms with Crippen molar-refractivity contribution in [1.29, 1.82) is 0 Å². The maximum absolute atomic E-state index is 11.8. The molecular weight excluding hydrogens is 244 g/mol. The third kappa shape index (κ3) is 4.79. The van der Waals surface area contributed by atoms with Crippen molar-refractivity contribution in [2.45, 2.75) is 32.7 Å². The van der Waals surface area contributed by atoms with Gasteiger partial charge in [-0.05, 0) is 32.4 Å². The molecular formula is C14H22N2O3. The molecule has 0 aliphatic heterocycles. The van der Waals surface area contributed by atoms with Gasteiger partial charge >= 0.3 is 6.03 Å². The third-order valence-electron chi connectivity index (χ3n) is 2.95. The Morgan fingerprint density at radius 2 is 2.16 bits per heavy atom. The monoisotopic (exact) mass is 266 g/mol. The van der Waals surface area contributed by atoms with Crippen molar-refractivity contribution in [2.75, 3.05) is 18.5 Å². The second kappa shape index (κ2) is 6.99. The number of aliphatic hydroxyl groups is 1. The fraction of sp³-hybridized carbons (Fsp3) is 0.500. The van der Waals surface area contributed by atoms with Gasteiger partial charge in [0.05, 0.1) is 18.8 Å². The summed E-state index contributed by atoms with van der Waals surface area (Å²) in [4.78, 5) is 11.8. The number of benzene rings is 1. The van der Waals surface area contributed by atoms with Crippen LogP contribution in [0.15, 0.2) is 24.3 Å². The summed E-state index contributed by atoms with van der Waals surface area (Å²) >= 11 is 0. The second-order valence-corrected chi connectivity index (χ2v) is 4.61. The molecule has 0 aromatic heterocycles. The number of aliphatic hydroxyl groups excluding tert-OH is 1. The van der Waals surface area contributed by atoms with Crippen LogP contribution in [-0.4, -0.2) is 29.9 Å². The predicted molar refractivity (Wildman–Crippen MR) is 75.5 cm³/mol. The molecule has 0 saturated heterocycles. The van der Waals surface area contributed by atoms with Crippen LogP contribution in [0, 0.1) is 0 Å². The zero-order valence-electron chi connectivity index (χ0n) is 11.7. The Morgan fingerprint density at radius 1 is 1.42 bits per heavy atom. The van der Waals surface area contributed by atoms with Crippen LogP contribution in [0.25, 0.3) is 0 Å². The van der Waals surface area contributed by atoms with Gasteiger partial charge in [-0.1, -0.05) is 13.0 Å². The Bertz CT molecular complexity index is 417. The lowest BCUT2D eigenvalue weighted by Crippen LogP contribution is -2.50. The molecule has 0 fully saturated rings. The number of rotatable bonds is 6. The highest BCUT2D eigenvalue weighted by atomic mass is 16.5. The molecule has 3 N–H and O–H groups in total. The maximum Gasteiger partial charge on any atom is 0.319 e. The van der Waals surface area contributed by atoms with Crippen LogP contribution in [0.1, 0.15) is 27.2 Å². The van der Waals surface area contributed by atoms with Gasteiger partial charge in [0, 0.05) is 11.8 Å². The molecule has 1 rings (SSSR count). The Hall–Kier alpha value is -1.75. The van der Waals surface area contributed by atoms with Crippen LogP contribution < -0.4 is 15.4 Å². The van der Waals surface area contributed by atoms with Crippen molar-refractivity contribution < 1.29 is 14.6 Å². The summed E-state index contributed by atoms with van der Waals surface area (Å²) < 4.78 is 5.36. The van der Waals surface area contributed by atoms with Gasteiger partial charge in [-0.15, -0.1) is 0 Å². The van der Waals surface area contributed by atoms with Crippen molar-refractivity contribution in [3.05, 3.63) is 24.3 Å². The van der Waals surface area contributed by atoms with Crippen LogP contribution in [0.2, 0.25) is 0 Å². The summed E-state index contributed by atoms with van der Waals surface area (Å²) in [6.45, 7) is 6.08. The molecule has 0 aliphatic carbocycles. The first-order chi connectivity index (χ1) is 9.03. The fourth-order valence-corrected chi connectivity index (χ4v) is 1.51. The van der Waals surface area contributed by atoms with Gasteiger partial charge in [-0.3, -0.25) is 0 Å². The number of hydrogen-bond donors (Lipinski definition) is 3. The summed E-state index contributed by atoms with van der Waals surface area (Å²) in [7, 11) is 0. The highest BCUT2D eigenvalue weighted by molar-refractivity contribution is 5.89. The molecule has 0 heterocycles. The molecule has 2 amide bonds. The second-order valence-electron chi connectivity index (χ2n) is 4.61. The summed E-state index contributed by atoms with van der Waals surface area (Å²) in [5.41, 5.74) is 0.0431. The minimum Gasteiger partial charge on any atom is -0.494 e. The van der Waals surface area contributed by atoms with Crippen LogP contribution in [0.4, 0.5) is 10.5 Å². The average molecular weight is 266 g/mol. The normalized spacial score (nSPS) is 13.5. The Morgan fingerprint density at radius 3 is 2.74 bits per heavy atom. The van der Waals surface area contributed by atoms with E-state index < -0.39 is 5.54 Å². The molecule has 106 valence electrons. The molecule has 1 atom stereocenters. The SMILES string of the molecule is CCOc1cccc(NC(=O)NC(C)(CC)CO)c1.